The molecule has 20 heavy (non-hydrogen) atoms. The number of nitrogens with one attached hydrogen (secondary N) is 1. The van der Waals surface area contributed by atoms with E-state index in [1.165, 1.54) is 18.7 Å². The lowest BCUT2D eigenvalue weighted by Gasteiger charge is -2.26. The normalized spacial score (nSPS) is 16.1. The predicted molar refractivity (Wildman–Crippen MR) is 73.0 cm³/mol. The average Bonchev–Trinajstić information content (AvgIpc) is 2.90. The zero-order valence-corrected chi connectivity index (χ0v) is 11.0. The zero-order valence-electron chi connectivity index (χ0n) is 11.0. The van der Waals surface area contributed by atoms with E-state index in [1.54, 1.807) is 6.07 Å². The second kappa shape index (κ2) is 5.22. The summed E-state index contributed by atoms with van der Waals surface area (Å²) in [5, 5.41) is 18.7. The maximum atomic E-state index is 12.4. The van der Waals surface area contributed by atoms with Crippen LogP contribution in [0.1, 0.15) is 41.6 Å². The molecule has 0 atom stereocenters. The van der Waals surface area contributed by atoms with Gasteiger partial charge in [-0.3, -0.25) is 9.78 Å². The highest BCUT2D eigenvalue weighted by Gasteiger charge is 2.21. The first-order chi connectivity index (χ1) is 9.66. The van der Waals surface area contributed by atoms with Gasteiger partial charge in [-0.2, -0.15) is 0 Å². The number of pyridine rings is 1. The first-order valence-electron chi connectivity index (χ1n) is 6.80. The van der Waals surface area contributed by atoms with E-state index in [0.717, 1.165) is 25.9 Å². The van der Waals surface area contributed by atoms with E-state index in [0.29, 0.717) is 22.3 Å². The van der Waals surface area contributed by atoms with E-state index < -0.39 is 6.29 Å². The van der Waals surface area contributed by atoms with Crippen LogP contribution in [-0.2, 0) is 0 Å². The third-order valence-electron chi connectivity index (χ3n) is 3.71. The van der Waals surface area contributed by atoms with Crippen molar-refractivity contribution in [1.29, 1.82) is 0 Å². The van der Waals surface area contributed by atoms with Gasteiger partial charge in [-0.1, -0.05) is 0 Å². The molecule has 1 fully saturated rings. The Labute approximate surface area is 116 Å². The molecule has 0 aromatic carbocycles. The quantitative estimate of drug-likeness (QED) is 0.718. The van der Waals surface area contributed by atoms with Crippen molar-refractivity contribution in [3.63, 3.8) is 0 Å². The Bertz CT molecular complexity index is 630. The van der Waals surface area contributed by atoms with Crippen LogP contribution in [0.25, 0.3) is 11.0 Å². The monoisotopic (exact) mass is 275 g/mol. The number of aromatic amines is 1. The molecule has 3 N–H and O–H groups in total. The molecule has 0 saturated carbocycles. The van der Waals surface area contributed by atoms with Gasteiger partial charge >= 0.3 is 0 Å². The number of rotatable bonds is 2. The minimum absolute atomic E-state index is 0.0546. The summed E-state index contributed by atoms with van der Waals surface area (Å²) in [6.07, 6.45) is 3.14. The van der Waals surface area contributed by atoms with Crippen LogP contribution >= 0.6 is 0 Å². The molecule has 6 nitrogen and oxygen atoms in total. The Morgan fingerprint density at radius 2 is 2.05 bits per heavy atom. The molecule has 1 aliphatic heterocycles. The van der Waals surface area contributed by atoms with Crippen LogP contribution in [0.15, 0.2) is 18.3 Å². The van der Waals surface area contributed by atoms with E-state index >= 15 is 0 Å². The molecule has 1 amide bonds. The lowest BCUT2D eigenvalue weighted by atomic mass is 10.1. The lowest BCUT2D eigenvalue weighted by Crippen LogP contribution is -2.35. The molecule has 1 saturated heterocycles. The molecule has 0 unspecified atom stereocenters. The van der Waals surface area contributed by atoms with Gasteiger partial charge in [0.15, 0.2) is 6.29 Å². The molecule has 0 radical (unpaired) electrons. The third-order valence-corrected chi connectivity index (χ3v) is 3.71. The van der Waals surface area contributed by atoms with Crippen LogP contribution in [-0.4, -0.2) is 44.1 Å². The number of aromatic nitrogens is 2. The van der Waals surface area contributed by atoms with Crippen molar-refractivity contribution < 1.29 is 15.0 Å². The fourth-order valence-electron chi connectivity index (χ4n) is 2.64. The summed E-state index contributed by atoms with van der Waals surface area (Å²) in [4.78, 5) is 21.3. The van der Waals surface area contributed by atoms with Crippen molar-refractivity contribution in [2.24, 2.45) is 0 Å². The summed E-state index contributed by atoms with van der Waals surface area (Å²) in [7, 11) is 0. The molecule has 0 bridgehead atoms. The third kappa shape index (κ3) is 2.28. The van der Waals surface area contributed by atoms with Gasteiger partial charge in [-0.25, -0.2) is 0 Å². The molecule has 6 heteroatoms. The van der Waals surface area contributed by atoms with Crippen LogP contribution in [0.2, 0.25) is 0 Å². The number of nitrogens with zero attached hydrogens (tertiary/aromatic N) is 2. The molecular weight excluding hydrogens is 258 g/mol. The zero-order chi connectivity index (χ0) is 14.1. The molecule has 106 valence electrons. The molecule has 2 aromatic heterocycles. The van der Waals surface area contributed by atoms with E-state index in [1.807, 2.05) is 4.90 Å². The number of carbonyl (C=O) groups excluding carboxylic acids is 1. The summed E-state index contributed by atoms with van der Waals surface area (Å²) in [6, 6.07) is 3.19. The summed E-state index contributed by atoms with van der Waals surface area (Å²) >= 11 is 0. The number of hydrogen-bond donors (Lipinski definition) is 3. The van der Waals surface area contributed by atoms with Crippen molar-refractivity contribution in [3.8, 4) is 0 Å². The van der Waals surface area contributed by atoms with Crippen LogP contribution in [0.5, 0.6) is 0 Å². The Morgan fingerprint density at radius 1 is 1.30 bits per heavy atom. The number of carbonyl (C=O) groups is 1. The van der Waals surface area contributed by atoms with E-state index in [-0.39, 0.29) is 5.91 Å². The fourth-order valence-corrected chi connectivity index (χ4v) is 2.64. The van der Waals surface area contributed by atoms with Crippen LogP contribution in [0.3, 0.4) is 0 Å². The summed E-state index contributed by atoms with van der Waals surface area (Å²) < 4.78 is 0. The standard InChI is InChI=1S/C14H17N3O3/c18-13(17-6-2-1-3-7-17)11-8-10-12(16-11)9(14(19)20)4-5-15-10/h4-5,8,14,16,19-20H,1-3,6-7H2. The maximum Gasteiger partial charge on any atom is 0.270 e. The van der Waals surface area contributed by atoms with Gasteiger partial charge < -0.3 is 20.1 Å². The number of fused-ring (bicyclic) bond motifs is 1. The largest absolute Gasteiger partial charge is 0.364 e. The SMILES string of the molecule is O=C(c1cc2nccc(C(O)O)c2[nH]1)N1CCCCC1. The Morgan fingerprint density at radius 3 is 2.75 bits per heavy atom. The molecule has 0 spiro atoms. The van der Waals surface area contributed by atoms with Gasteiger partial charge in [0.2, 0.25) is 0 Å². The van der Waals surface area contributed by atoms with Gasteiger partial charge in [0, 0.05) is 24.8 Å². The van der Waals surface area contributed by atoms with Crippen LogP contribution in [0.4, 0.5) is 0 Å². The first kappa shape index (κ1) is 13.1. The molecule has 3 rings (SSSR count). The summed E-state index contributed by atoms with van der Waals surface area (Å²) in [6.45, 7) is 1.55. The molecule has 1 aliphatic rings. The number of H-pyrrole nitrogens is 1. The Hall–Kier alpha value is -1.92. The predicted octanol–water partition coefficient (Wildman–Crippen LogP) is 1.17. The van der Waals surface area contributed by atoms with Crippen molar-refractivity contribution in [1.82, 2.24) is 14.9 Å². The van der Waals surface area contributed by atoms with Crippen LogP contribution < -0.4 is 0 Å². The number of piperidine rings is 1. The molecular formula is C14H17N3O3. The highest BCUT2D eigenvalue weighted by Crippen LogP contribution is 2.23. The number of aliphatic hydroxyl groups is 2. The Kier molecular flexibility index (Phi) is 3.42. The molecule has 0 aliphatic carbocycles. The van der Waals surface area contributed by atoms with E-state index in [4.69, 9.17) is 0 Å². The summed E-state index contributed by atoms with van der Waals surface area (Å²) in [5.74, 6) is -0.0546. The first-order valence-corrected chi connectivity index (χ1v) is 6.80. The average molecular weight is 275 g/mol. The van der Waals surface area contributed by atoms with Crippen molar-refractivity contribution in [2.45, 2.75) is 25.6 Å². The van der Waals surface area contributed by atoms with Crippen molar-refractivity contribution in [2.75, 3.05) is 13.1 Å². The van der Waals surface area contributed by atoms with Gasteiger partial charge in [-0.05, 0) is 31.4 Å². The maximum absolute atomic E-state index is 12.4. The number of aliphatic hydroxyl groups excluding tert-OH is 1. The van der Waals surface area contributed by atoms with Gasteiger partial charge in [-0.15, -0.1) is 0 Å². The molecule has 2 aromatic rings. The van der Waals surface area contributed by atoms with Crippen molar-refractivity contribution in [3.05, 3.63) is 29.6 Å². The van der Waals surface area contributed by atoms with Gasteiger partial charge in [0.05, 0.1) is 11.0 Å². The van der Waals surface area contributed by atoms with Gasteiger partial charge in [0.25, 0.3) is 5.91 Å². The summed E-state index contributed by atoms with van der Waals surface area (Å²) in [5.41, 5.74) is 1.84. The van der Waals surface area contributed by atoms with Crippen LogP contribution in [0, 0.1) is 0 Å². The Balaban J connectivity index is 1.96. The number of amides is 1. The van der Waals surface area contributed by atoms with E-state index in [2.05, 4.69) is 9.97 Å². The molecule has 3 heterocycles. The van der Waals surface area contributed by atoms with Crippen molar-refractivity contribution >= 4 is 16.9 Å². The van der Waals surface area contributed by atoms with Gasteiger partial charge in [0.1, 0.15) is 5.69 Å². The number of likely N-dealkylation sites (tertiary alicyclic amines) is 1. The second-order valence-corrected chi connectivity index (χ2v) is 5.07. The minimum Gasteiger partial charge on any atom is -0.364 e. The highest BCUT2D eigenvalue weighted by atomic mass is 16.5. The highest BCUT2D eigenvalue weighted by molar-refractivity contribution is 5.97. The second-order valence-electron chi connectivity index (χ2n) is 5.07. The topological polar surface area (TPSA) is 89.5 Å². The number of hydrogen-bond acceptors (Lipinski definition) is 4. The lowest BCUT2D eigenvalue weighted by molar-refractivity contribution is -0.0414. The fraction of sp³-hybridized carbons (Fsp3) is 0.429. The smallest absolute Gasteiger partial charge is 0.270 e. The minimum atomic E-state index is -1.59. The van der Waals surface area contributed by atoms with E-state index in [9.17, 15) is 15.0 Å².